The number of carbonyl (C=O) groups excluding carboxylic acids is 1. The van der Waals surface area contributed by atoms with Gasteiger partial charge in [0.2, 0.25) is 0 Å². The van der Waals surface area contributed by atoms with E-state index in [0.29, 0.717) is 5.92 Å². The molecule has 1 fully saturated rings. The standard InChI is InChI=1S/C14H27NO2.C2H6/c1-5-6-8-12-9-7-10-15(11-12)13(16)17-14(2,3)4;1-2/h12H,5-11H2,1-4H3;1-2H3. The van der Waals surface area contributed by atoms with E-state index in [1.165, 1.54) is 25.7 Å². The number of hydrogen-bond donors (Lipinski definition) is 0. The van der Waals surface area contributed by atoms with Crippen molar-refractivity contribution < 1.29 is 9.53 Å². The average molecular weight is 271 g/mol. The normalized spacial score (nSPS) is 19.5. The number of likely N-dealkylation sites (tertiary alicyclic amines) is 1. The fourth-order valence-corrected chi connectivity index (χ4v) is 2.29. The van der Waals surface area contributed by atoms with Crippen LogP contribution in [0.1, 0.15) is 73.6 Å². The second-order valence-electron chi connectivity index (χ2n) is 6.08. The Morgan fingerprint density at radius 1 is 1.32 bits per heavy atom. The minimum atomic E-state index is -0.382. The zero-order chi connectivity index (χ0) is 14.9. The summed E-state index contributed by atoms with van der Waals surface area (Å²) in [4.78, 5) is 13.8. The van der Waals surface area contributed by atoms with Gasteiger partial charge in [-0.1, -0.05) is 33.6 Å². The Morgan fingerprint density at radius 2 is 1.95 bits per heavy atom. The maximum absolute atomic E-state index is 11.9. The second kappa shape index (κ2) is 9.22. The molecule has 1 aliphatic rings. The van der Waals surface area contributed by atoms with Crippen molar-refractivity contribution in [3.63, 3.8) is 0 Å². The summed E-state index contributed by atoms with van der Waals surface area (Å²) in [7, 11) is 0. The van der Waals surface area contributed by atoms with Crippen LogP contribution in [0.5, 0.6) is 0 Å². The van der Waals surface area contributed by atoms with Gasteiger partial charge in [0, 0.05) is 13.1 Å². The number of amides is 1. The molecule has 3 nitrogen and oxygen atoms in total. The molecule has 0 bridgehead atoms. The molecule has 1 amide bonds. The van der Waals surface area contributed by atoms with Crippen LogP contribution in [-0.2, 0) is 4.74 Å². The Morgan fingerprint density at radius 3 is 2.47 bits per heavy atom. The molecule has 0 saturated carbocycles. The topological polar surface area (TPSA) is 29.5 Å². The Kier molecular flexibility index (Phi) is 8.86. The SMILES string of the molecule is CC.CCCCC1CCCN(C(=O)OC(C)(C)C)C1. The fraction of sp³-hybridized carbons (Fsp3) is 0.938. The number of unbranched alkanes of at least 4 members (excludes halogenated alkanes) is 1. The molecule has 0 spiro atoms. The maximum atomic E-state index is 11.9. The van der Waals surface area contributed by atoms with Crippen molar-refractivity contribution in [1.29, 1.82) is 0 Å². The van der Waals surface area contributed by atoms with Crippen molar-refractivity contribution in [2.75, 3.05) is 13.1 Å². The molecule has 0 aromatic rings. The van der Waals surface area contributed by atoms with E-state index in [-0.39, 0.29) is 11.7 Å². The van der Waals surface area contributed by atoms with Crippen LogP contribution in [0.3, 0.4) is 0 Å². The van der Waals surface area contributed by atoms with Crippen molar-refractivity contribution in [2.24, 2.45) is 5.92 Å². The second-order valence-corrected chi connectivity index (χ2v) is 6.08. The largest absolute Gasteiger partial charge is 0.444 e. The van der Waals surface area contributed by atoms with Gasteiger partial charge in [-0.15, -0.1) is 0 Å². The van der Waals surface area contributed by atoms with Gasteiger partial charge >= 0.3 is 6.09 Å². The predicted octanol–water partition coefficient (Wildman–Crippen LogP) is 4.85. The summed E-state index contributed by atoms with van der Waals surface area (Å²) in [5, 5.41) is 0. The summed E-state index contributed by atoms with van der Waals surface area (Å²) < 4.78 is 5.42. The van der Waals surface area contributed by atoms with Crippen LogP contribution >= 0.6 is 0 Å². The molecule has 19 heavy (non-hydrogen) atoms. The Balaban J connectivity index is 0.00000154. The first-order valence-corrected chi connectivity index (χ1v) is 7.90. The van der Waals surface area contributed by atoms with Crippen LogP contribution in [-0.4, -0.2) is 29.7 Å². The molecule has 3 heteroatoms. The minimum Gasteiger partial charge on any atom is -0.444 e. The molecule has 1 saturated heterocycles. The third-order valence-corrected chi connectivity index (χ3v) is 3.14. The summed E-state index contributed by atoms with van der Waals surface area (Å²) in [6, 6.07) is 0. The fourth-order valence-electron chi connectivity index (χ4n) is 2.29. The monoisotopic (exact) mass is 271 g/mol. The van der Waals surface area contributed by atoms with Crippen LogP contribution in [0, 0.1) is 5.92 Å². The highest BCUT2D eigenvalue weighted by molar-refractivity contribution is 5.68. The first-order chi connectivity index (χ1) is 8.92. The Bertz CT molecular complexity index is 246. The van der Waals surface area contributed by atoms with Crippen molar-refractivity contribution in [3.8, 4) is 0 Å². The van der Waals surface area contributed by atoms with E-state index in [1.54, 1.807) is 0 Å². The lowest BCUT2D eigenvalue weighted by atomic mass is 9.93. The first kappa shape index (κ1) is 18.3. The van der Waals surface area contributed by atoms with Crippen molar-refractivity contribution in [2.45, 2.75) is 79.2 Å². The lowest BCUT2D eigenvalue weighted by Crippen LogP contribution is -2.42. The Labute approximate surface area is 119 Å². The minimum absolute atomic E-state index is 0.140. The van der Waals surface area contributed by atoms with Gasteiger partial charge in [0.15, 0.2) is 0 Å². The summed E-state index contributed by atoms with van der Waals surface area (Å²) in [5.41, 5.74) is -0.382. The third kappa shape index (κ3) is 8.12. The smallest absolute Gasteiger partial charge is 0.410 e. The summed E-state index contributed by atoms with van der Waals surface area (Å²) in [5.74, 6) is 0.677. The lowest BCUT2D eigenvalue weighted by molar-refractivity contribution is 0.0161. The van der Waals surface area contributed by atoms with Gasteiger partial charge < -0.3 is 9.64 Å². The number of piperidine rings is 1. The molecular weight excluding hydrogens is 238 g/mol. The highest BCUT2D eigenvalue weighted by Gasteiger charge is 2.27. The van der Waals surface area contributed by atoms with Gasteiger partial charge in [-0.2, -0.15) is 0 Å². The van der Waals surface area contributed by atoms with Gasteiger partial charge in [-0.25, -0.2) is 4.79 Å². The van der Waals surface area contributed by atoms with E-state index < -0.39 is 0 Å². The highest BCUT2D eigenvalue weighted by atomic mass is 16.6. The Hall–Kier alpha value is -0.730. The first-order valence-electron chi connectivity index (χ1n) is 7.90. The quantitative estimate of drug-likeness (QED) is 0.734. The van der Waals surface area contributed by atoms with Crippen molar-refractivity contribution >= 4 is 6.09 Å². The van der Waals surface area contributed by atoms with Crippen LogP contribution in [0.25, 0.3) is 0 Å². The van der Waals surface area contributed by atoms with Gasteiger partial charge in [-0.3, -0.25) is 0 Å². The maximum Gasteiger partial charge on any atom is 0.410 e. The van der Waals surface area contributed by atoms with Gasteiger partial charge in [0.05, 0.1) is 0 Å². The highest BCUT2D eigenvalue weighted by Crippen LogP contribution is 2.23. The number of nitrogens with zero attached hydrogens (tertiary/aromatic N) is 1. The van der Waals surface area contributed by atoms with Gasteiger partial charge in [0.25, 0.3) is 0 Å². The number of carbonyl (C=O) groups is 1. The van der Waals surface area contributed by atoms with E-state index in [2.05, 4.69) is 6.92 Å². The van der Waals surface area contributed by atoms with Crippen molar-refractivity contribution in [1.82, 2.24) is 4.90 Å². The number of rotatable bonds is 3. The molecule has 114 valence electrons. The summed E-state index contributed by atoms with van der Waals surface area (Å²) in [6.07, 6.45) is 6.00. The van der Waals surface area contributed by atoms with E-state index in [0.717, 1.165) is 19.5 Å². The van der Waals surface area contributed by atoms with E-state index in [4.69, 9.17) is 4.74 Å². The molecule has 0 aromatic heterocycles. The molecule has 0 aliphatic carbocycles. The van der Waals surface area contributed by atoms with Crippen LogP contribution < -0.4 is 0 Å². The summed E-state index contributed by atoms with van der Waals surface area (Å²) in [6.45, 7) is 13.7. The van der Waals surface area contributed by atoms with Crippen LogP contribution in [0.2, 0.25) is 0 Å². The van der Waals surface area contributed by atoms with Gasteiger partial charge in [-0.05, 0) is 46.0 Å². The van der Waals surface area contributed by atoms with Crippen LogP contribution in [0.4, 0.5) is 4.79 Å². The zero-order valence-corrected chi connectivity index (χ0v) is 13.8. The number of hydrogen-bond acceptors (Lipinski definition) is 2. The number of ether oxygens (including phenoxy) is 1. The molecule has 1 unspecified atom stereocenters. The van der Waals surface area contributed by atoms with Gasteiger partial charge in [0.1, 0.15) is 5.60 Å². The average Bonchev–Trinajstić information content (AvgIpc) is 2.37. The molecule has 0 aromatic carbocycles. The van der Waals surface area contributed by atoms with E-state index in [1.807, 2.05) is 39.5 Å². The van der Waals surface area contributed by atoms with E-state index in [9.17, 15) is 4.79 Å². The van der Waals surface area contributed by atoms with Crippen LogP contribution in [0.15, 0.2) is 0 Å². The zero-order valence-electron chi connectivity index (χ0n) is 13.8. The summed E-state index contributed by atoms with van der Waals surface area (Å²) >= 11 is 0. The molecule has 0 radical (unpaired) electrons. The molecule has 1 aliphatic heterocycles. The lowest BCUT2D eigenvalue weighted by Gasteiger charge is -2.34. The van der Waals surface area contributed by atoms with E-state index >= 15 is 0 Å². The molecule has 1 heterocycles. The molecule has 0 N–H and O–H groups in total. The van der Waals surface area contributed by atoms with Crippen molar-refractivity contribution in [3.05, 3.63) is 0 Å². The molecular formula is C16H33NO2. The molecule has 1 rings (SSSR count). The predicted molar refractivity (Wildman–Crippen MR) is 81.4 cm³/mol. The third-order valence-electron chi connectivity index (χ3n) is 3.14. The molecule has 1 atom stereocenters.